The molecule has 0 radical (unpaired) electrons. The molecule has 0 saturated carbocycles. The highest BCUT2D eigenvalue weighted by molar-refractivity contribution is 5.76. The summed E-state index contributed by atoms with van der Waals surface area (Å²) in [4.78, 5) is 19.9. The summed E-state index contributed by atoms with van der Waals surface area (Å²) in [7, 11) is 1.16. The first kappa shape index (κ1) is 12.4. The van der Waals surface area contributed by atoms with Gasteiger partial charge in [-0.3, -0.25) is 4.79 Å². The van der Waals surface area contributed by atoms with Gasteiger partial charge in [-0.15, -0.1) is 0 Å². The van der Waals surface area contributed by atoms with E-state index in [2.05, 4.69) is 4.74 Å². The number of aliphatic carboxylic acids is 1. The Hall–Kier alpha value is -1.26. The quantitative estimate of drug-likeness (QED) is 0.619. The van der Waals surface area contributed by atoms with Gasteiger partial charge < -0.3 is 15.2 Å². The molecule has 0 aromatic carbocycles. The molecule has 66 valence electrons. The Labute approximate surface area is 65.4 Å². The number of nitrogens with one attached hydrogen (secondary N) is 1. The van der Waals surface area contributed by atoms with Crippen molar-refractivity contribution in [2.24, 2.45) is 0 Å². The monoisotopic (exact) mass is 163 g/mol. The van der Waals surface area contributed by atoms with Gasteiger partial charge in [-0.05, 0) is 0 Å². The Kier molecular flexibility index (Phi) is 9.87. The van der Waals surface area contributed by atoms with Gasteiger partial charge in [0.15, 0.2) is 0 Å². The third-order valence-electron chi connectivity index (χ3n) is 0.569. The van der Waals surface area contributed by atoms with Gasteiger partial charge in [0.25, 0.3) is 0 Å². The van der Waals surface area contributed by atoms with Gasteiger partial charge in [0, 0.05) is 0 Å². The fraction of sp³-hybridized carbons (Fsp3) is 0.667. The van der Waals surface area contributed by atoms with Crippen molar-refractivity contribution in [1.29, 1.82) is 0 Å². The Morgan fingerprint density at radius 1 is 1.45 bits per heavy atom. The van der Waals surface area contributed by atoms with Crippen LogP contribution in [0.3, 0.4) is 0 Å². The van der Waals surface area contributed by atoms with Crippen molar-refractivity contribution in [3.05, 3.63) is 0 Å². The molecule has 0 aromatic heterocycles. The topological polar surface area (TPSA) is 75.6 Å². The number of carboxylic acids is 1. The Balaban J connectivity index is 0. The molecular formula is C6H13NO4. The Morgan fingerprint density at radius 2 is 1.91 bits per heavy atom. The predicted molar refractivity (Wildman–Crippen MR) is 39.4 cm³/mol. The van der Waals surface area contributed by atoms with E-state index in [0.717, 1.165) is 7.11 Å². The molecule has 5 heteroatoms. The Morgan fingerprint density at radius 3 is 2.18 bits per heavy atom. The molecule has 0 bridgehead atoms. The van der Waals surface area contributed by atoms with Crippen molar-refractivity contribution in [3.63, 3.8) is 0 Å². The van der Waals surface area contributed by atoms with Crippen molar-refractivity contribution >= 4 is 12.1 Å². The van der Waals surface area contributed by atoms with E-state index >= 15 is 0 Å². The van der Waals surface area contributed by atoms with Crippen LogP contribution in [0.4, 0.5) is 4.79 Å². The third-order valence-corrected chi connectivity index (χ3v) is 0.569. The number of hydrogen-bond donors (Lipinski definition) is 2. The number of alkyl carbamates (subject to hydrolysis) is 1. The van der Waals surface area contributed by atoms with Crippen molar-refractivity contribution in [3.8, 4) is 0 Å². The van der Waals surface area contributed by atoms with Crippen molar-refractivity contribution in [1.82, 2.24) is 5.32 Å². The van der Waals surface area contributed by atoms with Crippen LogP contribution in [0.2, 0.25) is 0 Å². The second-order valence-electron chi connectivity index (χ2n) is 1.24. The van der Waals surface area contributed by atoms with Gasteiger partial charge in [-0.25, -0.2) is 4.79 Å². The largest absolute Gasteiger partial charge is 0.480 e. The van der Waals surface area contributed by atoms with Crippen LogP contribution in [0.15, 0.2) is 0 Å². The fourth-order valence-corrected chi connectivity index (χ4v) is 0.220. The minimum atomic E-state index is -1.10. The Bertz CT molecular complexity index is 124. The first-order valence-corrected chi connectivity index (χ1v) is 3.20. The lowest BCUT2D eigenvalue weighted by molar-refractivity contribution is -0.135. The maximum atomic E-state index is 10.1. The second-order valence-corrected chi connectivity index (χ2v) is 1.24. The highest BCUT2D eigenvalue weighted by atomic mass is 16.5. The molecule has 0 heterocycles. The fourth-order valence-electron chi connectivity index (χ4n) is 0.220. The maximum absolute atomic E-state index is 10.1. The van der Waals surface area contributed by atoms with Crippen molar-refractivity contribution < 1.29 is 19.4 Å². The molecule has 0 saturated heterocycles. The first-order valence-electron chi connectivity index (χ1n) is 3.20. The minimum Gasteiger partial charge on any atom is -0.480 e. The van der Waals surface area contributed by atoms with E-state index in [9.17, 15) is 9.59 Å². The second kappa shape index (κ2) is 8.74. The molecule has 5 nitrogen and oxygen atoms in total. The molecule has 0 aliphatic carbocycles. The molecule has 0 atom stereocenters. The SMILES string of the molecule is CC.COC(=O)NCC(=O)O. The van der Waals surface area contributed by atoms with E-state index in [1.54, 1.807) is 0 Å². The molecular weight excluding hydrogens is 150 g/mol. The number of carboxylic acid groups (broad SMARTS) is 1. The molecule has 0 unspecified atom stereocenters. The lowest BCUT2D eigenvalue weighted by atomic mass is 10.7. The standard InChI is InChI=1S/C4H7NO4.C2H6/c1-9-4(8)5-2-3(6)7;1-2/h2H2,1H3,(H,5,8)(H,6,7);1-2H3. The van der Waals surface area contributed by atoms with Crippen LogP contribution in [0, 0.1) is 0 Å². The highest BCUT2D eigenvalue weighted by Gasteiger charge is 1.99. The summed E-state index contributed by atoms with van der Waals surface area (Å²) in [6.45, 7) is 3.59. The molecule has 0 rings (SSSR count). The normalized spacial score (nSPS) is 7.18. The summed E-state index contributed by atoms with van der Waals surface area (Å²) in [6, 6.07) is 0. The van der Waals surface area contributed by atoms with Crippen LogP contribution in [0.1, 0.15) is 13.8 Å². The van der Waals surface area contributed by atoms with E-state index in [1.807, 2.05) is 19.2 Å². The average molecular weight is 163 g/mol. The molecule has 0 aromatic rings. The zero-order chi connectivity index (χ0) is 9.28. The molecule has 1 amide bonds. The number of hydrogen-bond acceptors (Lipinski definition) is 3. The molecule has 0 fully saturated rings. The van der Waals surface area contributed by atoms with Gasteiger partial charge in [0.1, 0.15) is 6.54 Å². The van der Waals surface area contributed by atoms with E-state index in [-0.39, 0.29) is 0 Å². The molecule has 0 aliphatic heterocycles. The average Bonchev–Trinajstić information content (AvgIpc) is 2.04. The van der Waals surface area contributed by atoms with Gasteiger partial charge in [0.05, 0.1) is 7.11 Å². The van der Waals surface area contributed by atoms with Crippen LogP contribution in [0.5, 0.6) is 0 Å². The molecule has 2 N–H and O–H groups in total. The third kappa shape index (κ3) is 12.1. The zero-order valence-electron chi connectivity index (χ0n) is 6.88. The van der Waals surface area contributed by atoms with Crippen molar-refractivity contribution in [2.75, 3.05) is 13.7 Å². The number of amides is 1. The predicted octanol–water partition coefficient (Wildman–Crippen LogP) is 0.453. The summed E-state index contributed by atoms with van der Waals surface area (Å²) in [5, 5.41) is 9.96. The zero-order valence-corrected chi connectivity index (χ0v) is 6.88. The van der Waals surface area contributed by atoms with E-state index < -0.39 is 18.6 Å². The summed E-state index contributed by atoms with van der Waals surface area (Å²) in [6.07, 6.45) is -0.739. The number of carbonyl (C=O) groups is 2. The molecule has 0 aliphatic rings. The van der Waals surface area contributed by atoms with Gasteiger partial charge >= 0.3 is 12.1 Å². The highest BCUT2D eigenvalue weighted by Crippen LogP contribution is 1.68. The number of carbonyl (C=O) groups excluding carboxylic acids is 1. The van der Waals surface area contributed by atoms with Crippen LogP contribution in [0.25, 0.3) is 0 Å². The van der Waals surface area contributed by atoms with Gasteiger partial charge in [0.2, 0.25) is 0 Å². The summed E-state index contributed by atoms with van der Waals surface area (Å²) < 4.78 is 4.09. The first-order chi connectivity index (χ1) is 5.16. The number of rotatable bonds is 2. The van der Waals surface area contributed by atoms with E-state index in [1.165, 1.54) is 0 Å². The lowest BCUT2D eigenvalue weighted by Crippen LogP contribution is -2.28. The smallest absolute Gasteiger partial charge is 0.407 e. The summed E-state index contributed by atoms with van der Waals surface area (Å²) in [5.74, 6) is -1.10. The minimum absolute atomic E-state index is 0.410. The van der Waals surface area contributed by atoms with Crippen molar-refractivity contribution in [2.45, 2.75) is 13.8 Å². The van der Waals surface area contributed by atoms with E-state index in [0.29, 0.717) is 0 Å². The lowest BCUT2D eigenvalue weighted by Gasteiger charge is -1.96. The van der Waals surface area contributed by atoms with Crippen LogP contribution in [-0.2, 0) is 9.53 Å². The summed E-state index contributed by atoms with van der Waals surface area (Å²) >= 11 is 0. The number of methoxy groups -OCH3 is 1. The van der Waals surface area contributed by atoms with E-state index in [4.69, 9.17) is 5.11 Å². The van der Waals surface area contributed by atoms with Crippen LogP contribution < -0.4 is 5.32 Å². The van der Waals surface area contributed by atoms with Gasteiger partial charge in [-0.1, -0.05) is 13.8 Å². The van der Waals surface area contributed by atoms with Crippen LogP contribution in [-0.4, -0.2) is 30.8 Å². The molecule has 0 spiro atoms. The maximum Gasteiger partial charge on any atom is 0.407 e. The molecule has 11 heavy (non-hydrogen) atoms. The number of ether oxygens (including phenoxy) is 1. The van der Waals surface area contributed by atoms with Crippen LogP contribution >= 0.6 is 0 Å². The summed E-state index contributed by atoms with van der Waals surface area (Å²) in [5.41, 5.74) is 0. The van der Waals surface area contributed by atoms with Gasteiger partial charge in [-0.2, -0.15) is 0 Å².